The highest BCUT2D eigenvalue weighted by Gasteiger charge is 2.34. The minimum absolute atomic E-state index is 0.150. The second kappa shape index (κ2) is 8.14. The van der Waals surface area contributed by atoms with E-state index in [9.17, 15) is 0 Å². The Kier molecular flexibility index (Phi) is 6.49. The lowest BCUT2D eigenvalue weighted by molar-refractivity contribution is -0.0765. The molecule has 1 saturated heterocycles. The molecule has 0 spiro atoms. The van der Waals surface area contributed by atoms with Gasteiger partial charge in [0.2, 0.25) is 0 Å². The smallest absolute Gasteiger partial charge is 0.0956 e. The van der Waals surface area contributed by atoms with E-state index in [-0.39, 0.29) is 5.60 Å². The molecule has 1 fully saturated rings. The first kappa shape index (κ1) is 16.8. The van der Waals surface area contributed by atoms with Gasteiger partial charge in [-0.3, -0.25) is 0 Å². The van der Waals surface area contributed by atoms with Gasteiger partial charge >= 0.3 is 0 Å². The Bertz CT molecular complexity index is 411. The molecule has 1 heterocycles. The van der Waals surface area contributed by atoms with Crippen molar-refractivity contribution in [3.8, 4) is 0 Å². The zero-order valence-corrected chi connectivity index (χ0v) is 14.0. The predicted molar refractivity (Wildman–Crippen MR) is 89.0 cm³/mol. The van der Waals surface area contributed by atoms with Gasteiger partial charge in [-0.25, -0.2) is 0 Å². The van der Waals surface area contributed by atoms with Crippen LogP contribution < -0.4 is 5.32 Å². The summed E-state index contributed by atoms with van der Waals surface area (Å²) in [6, 6.07) is 8.17. The normalized spacial score (nSPS) is 18.1. The molecule has 1 aliphatic heterocycles. The fraction of sp³-hybridized carbons (Fsp3) is 0.647. The number of nitrogens with one attached hydrogen (secondary N) is 1. The number of hydrogen-bond donors (Lipinski definition) is 1. The highest BCUT2D eigenvalue weighted by atomic mass is 35.5. The van der Waals surface area contributed by atoms with Gasteiger partial charge in [-0.1, -0.05) is 37.6 Å². The zero-order chi connectivity index (χ0) is 15.1. The van der Waals surface area contributed by atoms with Gasteiger partial charge in [0.15, 0.2) is 0 Å². The summed E-state index contributed by atoms with van der Waals surface area (Å²) < 4.78 is 6.41. The molecular formula is C17H27ClN2O. The van der Waals surface area contributed by atoms with Crippen LogP contribution in [0.15, 0.2) is 24.3 Å². The van der Waals surface area contributed by atoms with Crippen LogP contribution in [0.2, 0.25) is 5.02 Å². The van der Waals surface area contributed by atoms with E-state index in [1.807, 2.05) is 12.1 Å². The van der Waals surface area contributed by atoms with Gasteiger partial charge in [-0.05, 0) is 56.7 Å². The van der Waals surface area contributed by atoms with Gasteiger partial charge in [0.05, 0.1) is 12.2 Å². The summed E-state index contributed by atoms with van der Waals surface area (Å²) in [4.78, 5) is 2.40. The fourth-order valence-corrected chi connectivity index (χ4v) is 3.14. The summed E-state index contributed by atoms with van der Waals surface area (Å²) in [5.41, 5.74) is 1.11. The van der Waals surface area contributed by atoms with E-state index >= 15 is 0 Å². The molecular weight excluding hydrogens is 284 g/mol. The van der Waals surface area contributed by atoms with Crippen molar-refractivity contribution in [1.82, 2.24) is 10.2 Å². The maximum Gasteiger partial charge on any atom is 0.0956 e. The highest BCUT2D eigenvalue weighted by Crippen LogP contribution is 2.35. The maximum absolute atomic E-state index is 6.41. The Hall–Kier alpha value is -0.610. The molecule has 2 rings (SSSR count). The van der Waals surface area contributed by atoms with Crippen molar-refractivity contribution in [1.29, 1.82) is 0 Å². The average Bonchev–Trinajstić information content (AvgIpc) is 2.53. The van der Waals surface area contributed by atoms with Gasteiger partial charge in [0, 0.05) is 11.6 Å². The minimum Gasteiger partial charge on any atom is -0.369 e. The van der Waals surface area contributed by atoms with Crippen molar-refractivity contribution in [2.45, 2.75) is 32.3 Å². The van der Waals surface area contributed by atoms with E-state index in [1.54, 1.807) is 0 Å². The topological polar surface area (TPSA) is 24.5 Å². The zero-order valence-electron chi connectivity index (χ0n) is 13.2. The number of nitrogens with zero attached hydrogens (tertiary/aromatic N) is 1. The second-order valence-corrected chi connectivity index (χ2v) is 6.06. The van der Waals surface area contributed by atoms with Crippen molar-refractivity contribution in [2.75, 3.05) is 39.3 Å². The van der Waals surface area contributed by atoms with Crippen molar-refractivity contribution in [2.24, 2.45) is 0 Å². The van der Waals surface area contributed by atoms with Crippen LogP contribution in [0.5, 0.6) is 0 Å². The standard InChI is InChI=1S/C17H27ClN2O/c1-3-20(4-2)13-14-21-17(9-11-19-12-10-17)15-5-7-16(18)8-6-15/h5-8,19H,3-4,9-14H2,1-2H3. The van der Waals surface area contributed by atoms with Crippen molar-refractivity contribution in [3.05, 3.63) is 34.9 Å². The van der Waals surface area contributed by atoms with Crippen LogP contribution >= 0.6 is 11.6 Å². The fourth-order valence-electron chi connectivity index (χ4n) is 3.01. The summed E-state index contributed by atoms with van der Waals surface area (Å²) in [6.45, 7) is 10.3. The summed E-state index contributed by atoms with van der Waals surface area (Å²) in [5.74, 6) is 0. The summed E-state index contributed by atoms with van der Waals surface area (Å²) >= 11 is 6.02. The molecule has 0 bridgehead atoms. The predicted octanol–water partition coefficient (Wildman–Crippen LogP) is 3.28. The molecule has 1 N–H and O–H groups in total. The molecule has 0 saturated carbocycles. The summed E-state index contributed by atoms with van der Waals surface area (Å²) in [7, 11) is 0. The van der Waals surface area contributed by atoms with E-state index < -0.39 is 0 Å². The lowest BCUT2D eigenvalue weighted by atomic mass is 9.85. The molecule has 0 aromatic heterocycles. The van der Waals surface area contributed by atoms with Crippen LogP contribution in [0.1, 0.15) is 32.3 Å². The Balaban J connectivity index is 2.04. The Morgan fingerprint density at radius 3 is 2.33 bits per heavy atom. The van der Waals surface area contributed by atoms with Crippen LogP contribution in [-0.2, 0) is 10.3 Å². The number of ether oxygens (including phenoxy) is 1. The molecule has 0 amide bonds. The second-order valence-electron chi connectivity index (χ2n) is 5.63. The number of halogens is 1. The van der Waals surface area contributed by atoms with Gasteiger partial charge in [-0.15, -0.1) is 0 Å². The van der Waals surface area contributed by atoms with Gasteiger partial charge < -0.3 is 15.0 Å². The molecule has 1 aromatic rings. The number of likely N-dealkylation sites (N-methyl/N-ethyl adjacent to an activating group) is 1. The first-order valence-electron chi connectivity index (χ1n) is 8.03. The Morgan fingerprint density at radius 2 is 1.76 bits per heavy atom. The van der Waals surface area contributed by atoms with Crippen molar-refractivity contribution in [3.63, 3.8) is 0 Å². The van der Waals surface area contributed by atoms with E-state index in [1.165, 1.54) is 5.56 Å². The molecule has 1 aliphatic rings. The van der Waals surface area contributed by atoms with E-state index in [0.29, 0.717) is 0 Å². The van der Waals surface area contributed by atoms with Crippen LogP contribution in [0.4, 0.5) is 0 Å². The molecule has 1 aromatic carbocycles. The third kappa shape index (κ3) is 4.43. The van der Waals surface area contributed by atoms with Crippen LogP contribution in [0.25, 0.3) is 0 Å². The molecule has 21 heavy (non-hydrogen) atoms. The maximum atomic E-state index is 6.41. The van der Waals surface area contributed by atoms with Gasteiger partial charge in [0.25, 0.3) is 0 Å². The lowest BCUT2D eigenvalue weighted by Crippen LogP contribution is -2.43. The first-order chi connectivity index (χ1) is 10.2. The number of piperidine rings is 1. The quantitative estimate of drug-likeness (QED) is 0.836. The number of rotatable bonds is 7. The Morgan fingerprint density at radius 1 is 1.14 bits per heavy atom. The molecule has 0 aliphatic carbocycles. The highest BCUT2D eigenvalue weighted by molar-refractivity contribution is 6.30. The van der Waals surface area contributed by atoms with Crippen molar-refractivity contribution >= 4 is 11.6 Å². The number of benzene rings is 1. The van der Waals surface area contributed by atoms with E-state index in [2.05, 4.69) is 36.2 Å². The minimum atomic E-state index is -0.150. The molecule has 0 atom stereocenters. The van der Waals surface area contributed by atoms with Crippen molar-refractivity contribution < 1.29 is 4.74 Å². The lowest BCUT2D eigenvalue weighted by Gasteiger charge is -2.38. The molecule has 118 valence electrons. The third-order valence-corrected chi connectivity index (χ3v) is 4.71. The Labute approximate surface area is 133 Å². The van der Waals surface area contributed by atoms with Gasteiger partial charge in [0.1, 0.15) is 0 Å². The average molecular weight is 311 g/mol. The van der Waals surface area contributed by atoms with Gasteiger partial charge in [-0.2, -0.15) is 0 Å². The molecule has 0 radical (unpaired) electrons. The van der Waals surface area contributed by atoms with Crippen LogP contribution in [0.3, 0.4) is 0 Å². The third-order valence-electron chi connectivity index (χ3n) is 4.46. The SMILES string of the molecule is CCN(CC)CCOC1(c2ccc(Cl)cc2)CCNCC1. The molecule has 3 nitrogen and oxygen atoms in total. The van der Waals surface area contributed by atoms with Crippen LogP contribution in [0, 0.1) is 0 Å². The molecule has 4 heteroatoms. The summed E-state index contributed by atoms with van der Waals surface area (Å²) in [5, 5.41) is 4.21. The molecule has 0 unspecified atom stereocenters. The van der Waals surface area contributed by atoms with Crippen LogP contribution in [-0.4, -0.2) is 44.2 Å². The largest absolute Gasteiger partial charge is 0.369 e. The van der Waals surface area contributed by atoms with E-state index in [4.69, 9.17) is 16.3 Å². The first-order valence-corrected chi connectivity index (χ1v) is 8.41. The number of hydrogen-bond acceptors (Lipinski definition) is 3. The monoisotopic (exact) mass is 310 g/mol. The van der Waals surface area contributed by atoms with E-state index in [0.717, 1.165) is 57.2 Å². The summed E-state index contributed by atoms with van der Waals surface area (Å²) in [6.07, 6.45) is 2.04.